The highest BCUT2D eigenvalue weighted by Crippen LogP contribution is 2.20. The van der Waals surface area contributed by atoms with Gasteiger partial charge in [-0.15, -0.1) is 0 Å². The van der Waals surface area contributed by atoms with Crippen LogP contribution in [0.4, 0.5) is 5.82 Å². The molecule has 0 aliphatic heterocycles. The van der Waals surface area contributed by atoms with Gasteiger partial charge in [0.1, 0.15) is 5.82 Å². The summed E-state index contributed by atoms with van der Waals surface area (Å²) >= 11 is 3.40. The predicted molar refractivity (Wildman–Crippen MR) is 67.5 cm³/mol. The highest BCUT2D eigenvalue weighted by molar-refractivity contribution is 9.10. The molecule has 0 aliphatic rings. The Hall–Kier alpha value is -1.46. The van der Waals surface area contributed by atoms with Gasteiger partial charge in [0.2, 0.25) is 0 Å². The lowest BCUT2D eigenvalue weighted by Crippen LogP contribution is -2.04. The topological polar surface area (TPSA) is 77.8 Å². The summed E-state index contributed by atoms with van der Waals surface area (Å²) in [6, 6.07) is 9.42. The number of anilines is 1. The quantitative estimate of drug-likeness (QED) is 0.880. The first-order valence-electron chi connectivity index (χ1n) is 4.78. The van der Waals surface area contributed by atoms with E-state index in [2.05, 4.69) is 25.9 Å². The zero-order valence-corrected chi connectivity index (χ0v) is 10.1. The van der Waals surface area contributed by atoms with Gasteiger partial charge in [0, 0.05) is 22.6 Å². The number of hydrogen-bond donors (Lipinski definition) is 2. The summed E-state index contributed by atoms with van der Waals surface area (Å²) in [5.41, 5.74) is 12.9. The highest BCUT2D eigenvalue weighted by Gasteiger charge is 2.04. The minimum Gasteiger partial charge on any atom is -0.384 e. The van der Waals surface area contributed by atoms with Crippen molar-refractivity contribution in [1.82, 2.24) is 9.97 Å². The van der Waals surface area contributed by atoms with E-state index in [0.717, 1.165) is 15.7 Å². The van der Waals surface area contributed by atoms with E-state index in [1.165, 1.54) is 0 Å². The van der Waals surface area contributed by atoms with Gasteiger partial charge >= 0.3 is 0 Å². The molecule has 82 valence electrons. The van der Waals surface area contributed by atoms with Crippen LogP contribution in [0.2, 0.25) is 0 Å². The van der Waals surface area contributed by atoms with Crippen LogP contribution in [0.25, 0.3) is 11.4 Å². The molecule has 1 aromatic carbocycles. The second-order valence-corrected chi connectivity index (χ2v) is 4.24. The maximum Gasteiger partial charge on any atom is 0.161 e. The normalized spacial score (nSPS) is 10.4. The molecule has 0 unspecified atom stereocenters. The summed E-state index contributed by atoms with van der Waals surface area (Å²) in [4.78, 5) is 8.51. The number of rotatable bonds is 2. The molecular weight excluding hydrogens is 268 g/mol. The van der Waals surface area contributed by atoms with Crippen LogP contribution in [-0.2, 0) is 6.54 Å². The van der Waals surface area contributed by atoms with Crippen molar-refractivity contribution >= 4 is 21.7 Å². The Morgan fingerprint density at radius 2 is 2.00 bits per heavy atom. The molecule has 0 saturated heterocycles. The Kier molecular flexibility index (Phi) is 3.17. The van der Waals surface area contributed by atoms with Gasteiger partial charge in [-0.05, 0) is 12.1 Å². The monoisotopic (exact) mass is 278 g/mol. The minimum atomic E-state index is 0.355. The van der Waals surface area contributed by atoms with Crippen molar-refractivity contribution in [2.45, 2.75) is 6.54 Å². The summed E-state index contributed by atoms with van der Waals surface area (Å²) in [6.07, 6.45) is 0. The van der Waals surface area contributed by atoms with Gasteiger partial charge < -0.3 is 11.5 Å². The number of nitrogens with two attached hydrogens (primary N) is 2. The van der Waals surface area contributed by atoms with Gasteiger partial charge in [-0.2, -0.15) is 0 Å². The fraction of sp³-hybridized carbons (Fsp3) is 0.0909. The van der Waals surface area contributed by atoms with E-state index in [1.54, 1.807) is 6.07 Å². The molecule has 0 spiro atoms. The Labute approximate surface area is 102 Å². The van der Waals surface area contributed by atoms with E-state index in [-0.39, 0.29) is 0 Å². The molecule has 0 amide bonds. The number of nitrogens with zero attached hydrogens (tertiary/aromatic N) is 2. The predicted octanol–water partition coefficient (Wildman–Crippen LogP) is 1.95. The molecule has 0 bridgehead atoms. The van der Waals surface area contributed by atoms with Crippen LogP contribution < -0.4 is 11.5 Å². The Morgan fingerprint density at radius 1 is 1.19 bits per heavy atom. The van der Waals surface area contributed by atoms with E-state index in [9.17, 15) is 0 Å². The van der Waals surface area contributed by atoms with Crippen molar-refractivity contribution < 1.29 is 0 Å². The molecule has 0 radical (unpaired) electrons. The van der Waals surface area contributed by atoms with E-state index >= 15 is 0 Å². The first-order valence-corrected chi connectivity index (χ1v) is 5.58. The fourth-order valence-corrected chi connectivity index (χ4v) is 1.78. The van der Waals surface area contributed by atoms with E-state index in [1.807, 2.05) is 24.3 Å². The van der Waals surface area contributed by atoms with Crippen LogP contribution in [0, 0.1) is 0 Å². The van der Waals surface area contributed by atoms with Gasteiger partial charge in [0.15, 0.2) is 5.82 Å². The minimum absolute atomic E-state index is 0.355. The van der Waals surface area contributed by atoms with E-state index < -0.39 is 0 Å². The van der Waals surface area contributed by atoms with Crippen molar-refractivity contribution in [3.8, 4) is 11.4 Å². The third-order valence-corrected chi connectivity index (χ3v) is 2.58. The highest BCUT2D eigenvalue weighted by atomic mass is 79.9. The zero-order chi connectivity index (χ0) is 11.5. The third-order valence-electron chi connectivity index (χ3n) is 2.09. The van der Waals surface area contributed by atoms with Crippen molar-refractivity contribution in [3.05, 3.63) is 40.5 Å². The maximum absolute atomic E-state index is 5.69. The SMILES string of the molecule is NCc1cc(N)nc(-c2cccc(Br)c2)n1. The molecule has 1 heterocycles. The number of nitrogen functional groups attached to an aromatic ring is 1. The molecule has 0 fully saturated rings. The van der Waals surface area contributed by atoms with Crippen molar-refractivity contribution in [2.24, 2.45) is 5.73 Å². The molecule has 1 aromatic heterocycles. The summed E-state index contributed by atoms with van der Waals surface area (Å²) < 4.78 is 0.977. The number of benzene rings is 1. The molecule has 5 heteroatoms. The van der Waals surface area contributed by atoms with Crippen LogP contribution >= 0.6 is 15.9 Å². The van der Waals surface area contributed by atoms with Gasteiger partial charge in [-0.25, -0.2) is 9.97 Å². The van der Waals surface area contributed by atoms with Crippen molar-refractivity contribution in [3.63, 3.8) is 0 Å². The summed E-state index contributed by atoms with van der Waals surface area (Å²) in [6.45, 7) is 0.355. The van der Waals surface area contributed by atoms with Crippen molar-refractivity contribution in [1.29, 1.82) is 0 Å². The van der Waals surface area contributed by atoms with Crippen LogP contribution in [0.15, 0.2) is 34.8 Å². The molecule has 16 heavy (non-hydrogen) atoms. The van der Waals surface area contributed by atoms with Crippen molar-refractivity contribution in [2.75, 3.05) is 5.73 Å². The lowest BCUT2D eigenvalue weighted by molar-refractivity contribution is 0.973. The van der Waals surface area contributed by atoms with E-state index in [4.69, 9.17) is 11.5 Å². The van der Waals surface area contributed by atoms with E-state index in [0.29, 0.717) is 18.2 Å². The third kappa shape index (κ3) is 2.37. The van der Waals surface area contributed by atoms with Crippen LogP contribution in [-0.4, -0.2) is 9.97 Å². The summed E-state index contributed by atoms with van der Waals surface area (Å²) in [5, 5.41) is 0. The van der Waals surface area contributed by atoms with Gasteiger partial charge in [0.05, 0.1) is 5.69 Å². The van der Waals surface area contributed by atoms with Gasteiger partial charge in [0.25, 0.3) is 0 Å². The average molecular weight is 279 g/mol. The number of aromatic nitrogens is 2. The van der Waals surface area contributed by atoms with Gasteiger partial charge in [-0.3, -0.25) is 0 Å². The first kappa shape index (κ1) is 11.0. The second kappa shape index (κ2) is 4.59. The number of halogens is 1. The second-order valence-electron chi connectivity index (χ2n) is 3.32. The molecule has 2 rings (SSSR count). The first-order chi connectivity index (χ1) is 7.69. The average Bonchev–Trinajstić information content (AvgIpc) is 2.28. The number of hydrogen-bond acceptors (Lipinski definition) is 4. The Morgan fingerprint density at radius 3 is 2.69 bits per heavy atom. The van der Waals surface area contributed by atoms with Crippen LogP contribution in [0.5, 0.6) is 0 Å². The molecular formula is C11H11BrN4. The largest absolute Gasteiger partial charge is 0.384 e. The standard InChI is InChI=1S/C11H11BrN4/c12-8-3-1-2-7(4-8)11-15-9(6-13)5-10(14)16-11/h1-5H,6,13H2,(H2,14,15,16). The molecule has 0 saturated carbocycles. The van der Waals surface area contributed by atoms with Crippen LogP contribution in [0.1, 0.15) is 5.69 Å². The maximum atomic E-state index is 5.69. The Balaban J connectivity index is 2.51. The molecule has 2 aromatic rings. The molecule has 0 atom stereocenters. The summed E-state index contributed by atoms with van der Waals surface area (Å²) in [7, 11) is 0. The fourth-order valence-electron chi connectivity index (χ4n) is 1.38. The molecule has 0 aliphatic carbocycles. The lowest BCUT2D eigenvalue weighted by atomic mass is 10.2. The van der Waals surface area contributed by atoms with Gasteiger partial charge in [-0.1, -0.05) is 28.1 Å². The van der Waals surface area contributed by atoms with Crippen LogP contribution in [0.3, 0.4) is 0 Å². The summed E-state index contributed by atoms with van der Waals surface area (Å²) in [5.74, 6) is 1.03. The molecule has 4 N–H and O–H groups in total. The zero-order valence-electron chi connectivity index (χ0n) is 8.52. The Bertz CT molecular complexity index is 513. The smallest absolute Gasteiger partial charge is 0.161 e. The molecule has 4 nitrogen and oxygen atoms in total. The lowest BCUT2D eigenvalue weighted by Gasteiger charge is -2.04.